The number of aromatic nitrogens is 1. The zero-order chi connectivity index (χ0) is 24.6. The number of aromatic amines is 1. The number of carbonyl (C=O) groups is 5. The van der Waals surface area contributed by atoms with Crippen LogP contribution < -0.4 is 0 Å². The third kappa shape index (κ3) is 3.97. The fourth-order valence-corrected chi connectivity index (χ4v) is 3.64. The molecule has 2 amide bonds. The summed E-state index contributed by atoms with van der Waals surface area (Å²) in [4.78, 5) is 75.8. The Bertz CT molecular complexity index is 1230. The van der Waals surface area contributed by atoms with E-state index in [0.29, 0.717) is 16.2 Å². The van der Waals surface area contributed by atoms with Crippen LogP contribution in [0.5, 0.6) is 0 Å². The van der Waals surface area contributed by atoms with E-state index in [2.05, 4.69) is 4.98 Å². The molecule has 1 atom stereocenters. The first-order chi connectivity index (χ1) is 15.5. The average molecular weight is 457 g/mol. The van der Waals surface area contributed by atoms with E-state index in [4.69, 9.17) is 9.47 Å². The molecular weight excluding hydrogens is 438 g/mol. The zero-order valence-corrected chi connectivity index (χ0v) is 18.1. The van der Waals surface area contributed by atoms with Crippen molar-refractivity contribution < 1.29 is 38.4 Å². The number of methoxy groups -OCH3 is 1. The molecule has 3 rings (SSSR count). The lowest BCUT2D eigenvalue weighted by atomic mass is 10.1. The van der Waals surface area contributed by atoms with Gasteiger partial charge in [0.25, 0.3) is 17.5 Å². The fourth-order valence-electron chi connectivity index (χ4n) is 3.64. The van der Waals surface area contributed by atoms with E-state index >= 15 is 0 Å². The van der Waals surface area contributed by atoms with Crippen molar-refractivity contribution in [3.63, 3.8) is 0 Å². The van der Waals surface area contributed by atoms with Gasteiger partial charge in [0.15, 0.2) is 6.10 Å². The van der Waals surface area contributed by atoms with E-state index in [1.807, 2.05) is 0 Å². The van der Waals surface area contributed by atoms with Crippen molar-refractivity contribution >= 4 is 35.2 Å². The number of ketones is 1. The number of nitro benzene ring substituents is 1. The van der Waals surface area contributed by atoms with Crippen molar-refractivity contribution in [1.82, 2.24) is 9.88 Å². The lowest BCUT2D eigenvalue weighted by molar-refractivity contribution is -0.385. The first kappa shape index (κ1) is 23.3. The summed E-state index contributed by atoms with van der Waals surface area (Å²) in [6, 6.07) is 3.58. The topological polar surface area (TPSA) is 166 Å². The van der Waals surface area contributed by atoms with Gasteiger partial charge in [-0.15, -0.1) is 0 Å². The van der Waals surface area contributed by atoms with E-state index in [9.17, 15) is 34.1 Å². The molecule has 0 saturated carbocycles. The number of hydrogen-bond donors (Lipinski definition) is 1. The van der Waals surface area contributed by atoms with Gasteiger partial charge in [-0.3, -0.25) is 34.2 Å². The first-order valence-electron chi connectivity index (χ1n) is 9.64. The number of nitro groups is 1. The lowest BCUT2D eigenvalue weighted by Crippen LogP contribution is -2.38. The molecule has 0 fully saturated rings. The molecule has 1 aromatic carbocycles. The van der Waals surface area contributed by atoms with Crippen molar-refractivity contribution in [2.45, 2.75) is 26.9 Å². The molecule has 33 heavy (non-hydrogen) atoms. The van der Waals surface area contributed by atoms with E-state index < -0.39 is 58.4 Å². The zero-order valence-electron chi connectivity index (χ0n) is 18.1. The van der Waals surface area contributed by atoms with E-state index in [0.717, 1.165) is 6.07 Å². The number of rotatable bonds is 7. The number of esters is 2. The Morgan fingerprint density at radius 1 is 1.18 bits per heavy atom. The van der Waals surface area contributed by atoms with Crippen LogP contribution in [0.3, 0.4) is 0 Å². The molecule has 12 heteroatoms. The molecule has 1 aliphatic heterocycles. The van der Waals surface area contributed by atoms with Gasteiger partial charge in [0.1, 0.15) is 12.1 Å². The summed E-state index contributed by atoms with van der Waals surface area (Å²) in [7, 11) is 1.20. The monoisotopic (exact) mass is 457 g/mol. The highest BCUT2D eigenvalue weighted by Crippen LogP contribution is 2.30. The Labute approximate surface area is 186 Å². The maximum Gasteiger partial charge on any atom is 0.339 e. The molecule has 0 radical (unpaired) electrons. The third-order valence-corrected chi connectivity index (χ3v) is 5.21. The SMILES string of the molecule is COC(=O)c1c(C)[nH]c(C(=O)C(C)OC(=O)CN2C(=O)c3cccc([N+](=O)[O-])c3C2=O)c1C. The number of Topliss-reactive ketones (excluding diaryl/α,β-unsaturated/α-hetero) is 1. The highest BCUT2D eigenvalue weighted by molar-refractivity contribution is 6.24. The van der Waals surface area contributed by atoms with Gasteiger partial charge in [-0.25, -0.2) is 4.79 Å². The molecule has 2 heterocycles. The van der Waals surface area contributed by atoms with Crippen LogP contribution in [-0.4, -0.2) is 64.1 Å². The molecule has 1 unspecified atom stereocenters. The molecular formula is C21H19N3O9. The molecule has 0 spiro atoms. The fraction of sp³-hybridized carbons (Fsp3) is 0.286. The number of ether oxygens (including phenoxy) is 2. The first-order valence-corrected chi connectivity index (χ1v) is 9.64. The molecule has 12 nitrogen and oxygen atoms in total. The van der Waals surface area contributed by atoms with Gasteiger partial charge in [-0.2, -0.15) is 0 Å². The largest absolute Gasteiger partial charge is 0.465 e. The van der Waals surface area contributed by atoms with E-state index in [1.165, 1.54) is 33.1 Å². The second-order valence-electron chi connectivity index (χ2n) is 7.27. The number of aryl methyl sites for hydroxylation is 1. The Balaban J connectivity index is 1.74. The summed E-state index contributed by atoms with van der Waals surface area (Å²) in [5.74, 6) is -4.23. The Hall–Kier alpha value is -4.35. The molecule has 0 aliphatic carbocycles. The van der Waals surface area contributed by atoms with Crippen molar-refractivity contribution in [3.05, 3.63) is 62.0 Å². The normalized spacial score (nSPS) is 13.5. The average Bonchev–Trinajstić information content (AvgIpc) is 3.20. The van der Waals surface area contributed by atoms with Crippen molar-refractivity contribution in [3.8, 4) is 0 Å². The van der Waals surface area contributed by atoms with Crippen molar-refractivity contribution in [1.29, 1.82) is 0 Å². The Morgan fingerprint density at radius 3 is 2.45 bits per heavy atom. The minimum absolute atomic E-state index is 0.0459. The van der Waals surface area contributed by atoms with Crippen LogP contribution in [0.2, 0.25) is 0 Å². The quantitative estimate of drug-likeness (QED) is 0.214. The van der Waals surface area contributed by atoms with Crippen LogP contribution in [-0.2, 0) is 14.3 Å². The number of imide groups is 1. The maximum absolute atomic E-state index is 12.8. The minimum atomic E-state index is -1.32. The van der Waals surface area contributed by atoms with Crippen LogP contribution in [0.4, 0.5) is 5.69 Å². The highest BCUT2D eigenvalue weighted by atomic mass is 16.6. The van der Waals surface area contributed by atoms with E-state index in [-0.39, 0.29) is 16.8 Å². The lowest BCUT2D eigenvalue weighted by Gasteiger charge is -2.16. The second-order valence-corrected chi connectivity index (χ2v) is 7.27. The number of fused-ring (bicyclic) bond motifs is 1. The predicted octanol–water partition coefficient (Wildman–Crippen LogP) is 1.74. The summed E-state index contributed by atoms with van der Waals surface area (Å²) in [5, 5.41) is 11.2. The smallest absolute Gasteiger partial charge is 0.339 e. The van der Waals surface area contributed by atoms with Gasteiger partial charge in [0.2, 0.25) is 5.78 Å². The maximum atomic E-state index is 12.8. The number of nitrogens with one attached hydrogen (secondary N) is 1. The molecule has 1 aliphatic rings. The number of nitrogens with zero attached hydrogens (tertiary/aromatic N) is 2. The van der Waals surface area contributed by atoms with Gasteiger partial charge < -0.3 is 14.5 Å². The van der Waals surface area contributed by atoms with Gasteiger partial charge in [0.05, 0.1) is 28.9 Å². The summed E-state index contributed by atoms with van der Waals surface area (Å²) in [6.07, 6.45) is -1.32. The third-order valence-electron chi connectivity index (χ3n) is 5.21. The predicted molar refractivity (Wildman–Crippen MR) is 110 cm³/mol. The summed E-state index contributed by atoms with van der Waals surface area (Å²) >= 11 is 0. The summed E-state index contributed by atoms with van der Waals surface area (Å²) < 4.78 is 9.78. The molecule has 172 valence electrons. The van der Waals surface area contributed by atoms with Gasteiger partial charge in [-0.05, 0) is 32.4 Å². The molecule has 1 N–H and O–H groups in total. The number of hydrogen-bond acceptors (Lipinski definition) is 9. The van der Waals surface area contributed by atoms with Gasteiger partial charge in [-0.1, -0.05) is 6.07 Å². The highest BCUT2D eigenvalue weighted by Gasteiger charge is 2.42. The molecule has 1 aromatic heterocycles. The standard InChI is InChI=1S/C21H19N3O9/c1-9-15(21(29)32-4)10(2)22-17(9)18(26)11(3)33-14(25)8-23-19(27)12-6-5-7-13(24(30)31)16(12)20(23)28/h5-7,11,22H,8H2,1-4H3. The van der Waals surface area contributed by atoms with E-state index in [1.54, 1.807) is 6.92 Å². The second kappa shape index (κ2) is 8.65. The van der Waals surface area contributed by atoms with Crippen molar-refractivity contribution in [2.75, 3.05) is 13.7 Å². The summed E-state index contributed by atoms with van der Waals surface area (Å²) in [6.45, 7) is 3.57. The number of H-pyrrole nitrogens is 1. The number of carbonyl (C=O) groups excluding carboxylic acids is 5. The molecule has 2 aromatic rings. The van der Waals surface area contributed by atoms with Crippen LogP contribution in [0, 0.1) is 24.0 Å². The minimum Gasteiger partial charge on any atom is -0.465 e. The Morgan fingerprint density at radius 2 is 1.85 bits per heavy atom. The van der Waals surface area contributed by atoms with Crippen molar-refractivity contribution in [2.24, 2.45) is 0 Å². The van der Waals surface area contributed by atoms with Gasteiger partial charge in [0, 0.05) is 11.8 Å². The Kier molecular flexibility index (Phi) is 6.11. The van der Waals surface area contributed by atoms with Gasteiger partial charge >= 0.3 is 11.9 Å². The number of amides is 2. The molecule has 0 bridgehead atoms. The van der Waals surface area contributed by atoms with Crippen LogP contribution in [0.15, 0.2) is 18.2 Å². The van der Waals surface area contributed by atoms with Crippen LogP contribution in [0.1, 0.15) is 59.7 Å². The van der Waals surface area contributed by atoms with Crippen LogP contribution in [0.25, 0.3) is 0 Å². The summed E-state index contributed by atoms with van der Waals surface area (Å²) in [5.41, 5.74) is -0.203. The van der Waals surface area contributed by atoms with Crippen LogP contribution >= 0.6 is 0 Å². The number of benzene rings is 1. The molecule has 0 saturated heterocycles.